The van der Waals surface area contributed by atoms with Gasteiger partial charge in [-0.25, -0.2) is 8.78 Å². The van der Waals surface area contributed by atoms with Gasteiger partial charge in [-0.3, -0.25) is 0 Å². The number of thiocarbonyl (C=S) groups is 1. The third-order valence-corrected chi connectivity index (χ3v) is 1.76. The Morgan fingerprint density at radius 1 is 1.43 bits per heavy atom. The third kappa shape index (κ3) is 2.92. The van der Waals surface area contributed by atoms with Crippen LogP contribution in [0.2, 0.25) is 0 Å². The quantitative estimate of drug-likeness (QED) is 0.742. The predicted molar refractivity (Wildman–Crippen MR) is 56.3 cm³/mol. The van der Waals surface area contributed by atoms with Crippen LogP contribution in [0.4, 0.5) is 14.5 Å². The second-order valence-electron chi connectivity index (χ2n) is 2.61. The number of benzene rings is 1. The molecule has 0 saturated heterocycles. The molecule has 0 amide bonds. The highest BCUT2D eigenvalue weighted by Gasteiger charge is 2.04. The number of hydrogen-bond donors (Lipinski definition) is 2. The number of anilines is 1. The second-order valence-corrected chi connectivity index (χ2v) is 3.02. The molecule has 1 aromatic rings. The summed E-state index contributed by atoms with van der Waals surface area (Å²) in [4.78, 5) is 0. The maximum absolute atomic E-state index is 13.1. The monoisotopic (exact) mass is 216 g/mol. The first-order chi connectivity index (χ1) is 6.63. The molecule has 76 valence electrons. The summed E-state index contributed by atoms with van der Waals surface area (Å²) in [5, 5.41) is 5.60. The summed E-state index contributed by atoms with van der Waals surface area (Å²) in [6, 6.07) is 3.15. The summed E-state index contributed by atoms with van der Waals surface area (Å²) < 4.78 is 25.8. The Morgan fingerprint density at radius 2 is 2.14 bits per heavy atom. The van der Waals surface area contributed by atoms with Gasteiger partial charge >= 0.3 is 0 Å². The van der Waals surface area contributed by atoms with Gasteiger partial charge in [-0.15, -0.1) is 0 Å². The number of nitrogens with one attached hydrogen (secondary N) is 2. The zero-order valence-corrected chi connectivity index (χ0v) is 8.42. The van der Waals surface area contributed by atoms with E-state index in [9.17, 15) is 8.78 Å². The molecule has 0 saturated carbocycles. The first-order valence-electron chi connectivity index (χ1n) is 4.13. The van der Waals surface area contributed by atoms with E-state index in [1.807, 2.05) is 6.92 Å². The molecule has 0 heterocycles. The Labute approximate surface area is 86.3 Å². The van der Waals surface area contributed by atoms with Gasteiger partial charge in [0.05, 0.1) is 5.69 Å². The molecule has 5 heteroatoms. The molecule has 2 nitrogen and oxygen atoms in total. The molecule has 0 aliphatic heterocycles. The maximum Gasteiger partial charge on any atom is 0.170 e. The van der Waals surface area contributed by atoms with Crippen LogP contribution in [-0.4, -0.2) is 11.7 Å². The fraction of sp³-hybridized carbons (Fsp3) is 0.222. The molecule has 0 spiro atoms. The van der Waals surface area contributed by atoms with E-state index in [1.54, 1.807) is 0 Å². The van der Waals surface area contributed by atoms with Gasteiger partial charge in [0.25, 0.3) is 0 Å². The van der Waals surface area contributed by atoms with Crippen molar-refractivity contribution in [3.8, 4) is 0 Å². The Hall–Kier alpha value is -1.23. The Bertz CT molecular complexity index is 342. The summed E-state index contributed by atoms with van der Waals surface area (Å²) in [6.07, 6.45) is 0. The van der Waals surface area contributed by atoms with E-state index in [4.69, 9.17) is 12.2 Å². The van der Waals surface area contributed by atoms with Gasteiger partial charge in [0, 0.05) is 12.6 Å². The molecule has 1 rings (SSSR count). The van der Waals surface area contributed by atoms with Gasteiger partial charge in [0.1, 0.15) is 11.6 Å². The minimum atomic E-state index is -0.536. The van der Waals surface area contributed by atoms with Crippen molar-refractivity contribution >= 4 is 23.0 Å². The molecular weight excluding hydrogens is 206 g/mol. The fourth-order valence-corrected chi connectivity index (χ4v) is 1.17. The van der Waals surface area contributed by atoms with E-state index >= 15 is 0 Å². The van der Waals surface area contributed by atoms with Crippen LogP contribution >= 0.6 is 12.2 Å². The molecular formula is C9H10F2N2S. The van der Waals surface area contributed by atoms with Crippen LogP contribution in [0.1, 0.15) is 6.92 Å². The molecule has 2 N–H and O–H groups in total. The first-order valence-corrected chi connectivity index (χ1v) is 4.54. The zero-order valence-electron chi connectivity index (χ0n) is 7.60. The van der Waals surface area contributed by atoms with Gasteiger partial charge in [0.2, 0.25) is 0 Å². The lowest BCUT2D eigenvalue weighted by Crippen LogP contribution is -2.28. The van der Waals surface area contributed by atoms with Crippen LogP contribution in [0, 0.1) is 11.6 Å². The van der Waals surface area contributed by atoms with Gasteiger partial charge in [-0.05, 0) is 31.3 Å². The van der Waals surface area contributed by atoms with Crippen LogP contribution < -0.4 is 10.6 Å². The summed E-state index contributed by atoms with van der Waals surface area (Å²) in [5.74, 6) is -1.04. The summed E-state index contributed by atoms with van der Waals surface area (Å²) in [5.41, 5.74) is 0.0379. The van der Waals surface area contributed by atoms with E-state index in [1.165, 1.54) is 0 Å². The smallest absolute Gasteiger partial charge is 0.170 e. The van der Waals surface area contributed by atoms with E-state index in [2.05, 4.69) is 10.6 Å². The normalized spacial score (nSPS) is 9.64. The van der Waals surface area contributed by atoms with E-state index in [-0.39, 0.29) is 10.8 Å². The number of halogens is 2. The van der Waals surface area contributed by atoms with Crippen molar-refractivity contribution in [1.82, 2.24) is 5.32 Å². The SMILES string of the molecule is CCNC(=S)Nc1cc(F)ccc1F. The van der Waals surface area contributed by atoms with Crippen molar-refractivity contribution in [3.63, 3.8) is 0 Å². The standard InChI is InChI=1S/C9H10F2N2S/c1-2-12-9(14)13-8-5-6(10)3-4-7(8)11/h3-5H,2H2,1H3,(H2,12,13,14). The van der Waals surface area contributed by atoms with Gasteiger partial charge in [-0.1, -0.05) is 0 Å². The van der Waals surface area contributed by atoms with Crippen molar-refractivity contribution in [2.24, 2.45) is 0 Å². The maximum atomic E-state index is 13.1. The van der Waals surface area contributed by atoms with Crippen LogP contribution in [0.5, 0.6) is 0 Å². The average molecular weight is 216 g/mol. The average Bonchev–Trinajstić information content (AvgIpc) is 2.12. The molecule has 0 aliphatic carbocycles. The van der Waals surface area contributed by atoms with Crippen LogP contribution in [-0.2, 0) is 0 Å². The first kappa shape index (κ1) is 10.8. The van der Waals surface area contributed by atoms with E-state index < -0.39 is 11.6 Å². The molecule has 1 aromatic carbocycles. The summed E-state index contributed by atoms with van der Waals surface area (Å²) >= 11 is 4.83. The highest BCUT2D eigenvalue weighted by Crippen LogP contribution is 2.14. The molecule has 0 bridgehead atoms. The van der Waals surface area contributed by atoms with E-state index in [0.29, 0.717) is 6.54 Å². The van der Waals surface area contributed by atoms with Crippen LogP contribution in [0.25, 0.3) is 0 Å². The van der Waals surface area contributed by atoms with Gasteiger partial charge in [-0.2, -0.15) is 0 Å². The minimum Gasteiger partial charge on any atom is -0.363 e. The van der Waals surface area contributed by atoms with Gasteiger partial charge in [0.15, 0.2) is 5.11 Å². The molecule has 14 heavy (non-hydrogen) atoms. The largest absolute Gasteiger partial charge is 0.363 e. The molecule has 0 radical (unpaired) electrons. The van der Waals surface area contributed by atoms with E-state index in [0.717, 1.165) is 18.2 Å². The highest BCUT2D eigenvalue weighted by atomic mass is 32.1. The Kier molecular flexibility index (Phi) is 3.76. The Balaban J connectivity index is 2.75. The highest BCUT2D eigenvalue weighted by molar-refractivity contribution is 7.80. The fourth-order valence-electron chi connectivity index (χ4n) is 0.920. The lowest BCUT2D eigenvalue weighted by atomic mass is 10.3. The predicted octanol–water partition coefficient (Wildman–Crippen LogP) is 2.27. The van der Waals surface area contributed by atoms with Crippen molar-refractivity contribution in [2.45, 2.75) is 6.92 Å². The summed E-state index contributed by atoms with van der Waals surface area (Å²) in [6.45, 7) is 2.48. The molecule has 0 atom stereocenters. The van der Waals surface area contributed by atoms with Crippen molar-refractivity contribution < 1.29 is 8.78 Å². The van der Waals surface area contributed by atoms with Crippen LogP contribution in [0.3, 0.4) is 0 Å². The molecule has 0 aromatic heterocycles. The lowest BCUT2D eigenvalue weighted by Gasteiger charge is -2.09. The van der Waals surface area contributed by atoms with Gasteiger partial charge < -0.3 is 10.6 Å². The van der Waals surface area contributed by atoms with Crippen molar-refractivity contribution in [3.05, 3.63) is 29.8 Å². The zero-order chi connectivity index (χ0) is 10.6. The number of rotatable bonds is 2. The topological polar surface area (TPSA) is 24.1 Å². The Morgan fingerprint density at radius 3 is 2.79 bits per heavy atom. The number of hydrogen-bond acceptors (Lipinski definition) is 1. The van der Waals surface area contributed by atoms with Crippen LogP contribution in [0.15, 0.2) is 18.2 Å². The minimum absolute atomic E-state index is 0.0379. The van der Waals surface area contributed by atoms with Crippen molar-refractivity contribution in [2.75, 3.05) is 11.9 Å². The summed E-state index contributed by atoms with van der Waals surface area (Å²) in [7, 11) is 0. The van der Waals surface area contributed by atoms with Crippen molar-refractivity contribution in [1.29, 1.82) is 0 Å². The second kappa shape index (κ2) is 4.85. The molecule has 0 fully saturated rings. The molecule has 0 aliphatic rings. The molecule has 0 unspecified atom stereocenters. The lowest BCUT2D eigenvalue weighted by molar-refractivity contribution is 0.604. The third-order valence-electron chi connectivity index (χ3n) is 1.51.